The number of benzene rings is 1. The predicted octanol–water partition coefficient (Wildman–Crippen LogP) is 4.29. The van der Waals surface area contributed by atoms with Crippen LogP contribution in [0.15, 0.2) is 18.2 Å². The van der Waals surface area contributed by atoms with Crippen molar-refractivity contribution < 1.29 is 23.3 Å². The molecule has 0 atom stereocenters. The topological polar surface area (TPSA) is 0 Å². The quantitative estimate of drug-likeness (QED) is 0.533. The molecule has 0 aromatic heterocycles. The van der Waals surface area contributed by atoms with Crippen molar-refractivity contribution in [3.8, 4) is 0 Å². The van der Waals surface area contributed by atoms with E-state index in [1.807, 2.05) is 0 Å². The Morgan fingerprint density at radius 1 is 1.07 bits per heavy atom. The molecule has 0 bridgehead atoms. The molecule has 0 N–H and O–H groups in total. The summed E-state index contributed by atoms with van der Waals surface area (Å²) in [6.07, 6.45) is -4.93. The van der Waals surface area contributed by atoms with Gasteiger partial charge in [0.25, 0.3) is 0 Å². The molecule has 1 rings (SSSR count). The molecule has 7 heteroatoms. The first-order valence-corrected chi connectivity index (χ1v) is 5.93. The van der Waals surface area contributed by atoms with E-state index in [4.69, 9.17) is 0 Å². The Morgan fingerprint density at radius 2 is 1.64 bits per heavy atom. The Morgan fingerprint density at radius 3 is 2.07 bits per heavy atom. The molecular weight excluding hydrogens is 325 g/mol. The van der Waals surface area contributed by atoms with Gasteiger partial charge in [-0.1, -0.05) is 0 Å². The van der Waals surface area contributed by atoms with Crippen LogP contribution in [0.5, 0.6) is 0 Å². The summed E-state index contributed by atoms with van der Waals surface area (Å²) >= 11 is -4.74. The van der Waals surface area contributed by atoms with Gasteiger partial charge in [0.2, 0.25) is 0 Å². The normalized spacial score (nSPS) is 12.9. The number of alkyl halides is 3. The summed E-state index contributed by atoms with van der Waals surface area (Å²) in [5, 5.41) is 0. The van der Waals surface area contributed by atoms with Gasteiger partial charge in [0.1, 0.15) is 0 Å². The zero-order valence-electron chi connectivity index (χ0n) is 6.38. The fourth-order valence-electron chi connectivity index (χ4n) is 0.839. The van der Waals surface area contributed by atoms with E-state index in [0.29, 0.717) is 12.1 Å². The number of halogens is 7. The number of rotatable bonds is 1. The maximum atomic E-state index is 12.4. The monoisotopic (exact) mass is 328 g/mol. The summed E-state index contributed by atoms with van der Waals surface area (Å²) in [6, 6.07) is 1.20. The molecule has 0 unspecified atom stereocenters. The van der Waals surface area contributed by atoms with Crippen molar-refractivity contribution in [3.63, 3.8) is 0 Å². The Kier molecular flexibility index (Phi) is 3.28. The van der Waals surface area contributed by atoms with Crippen molar-refractivity contribution in [2.45, 2.75) is 6.18 Å². The predicted molar refractivity (Wildman–Crippen MR) is 46.3 cm³/mol. The third kappa shape index (κ3) is 2.52. The summed E-state index contributed by atoms with van der Waals surface area (Å²) in [5.41, 5.74) is -1.56. The van der Waals surface area contributed by atoms with Crippen LogP contribution >= 0.6 is 21.0 Å². The molecule has 0 saturated carbocycles. The number of hydrogen-bond acceptors (Lipinski definition) is 0. The van der Waals surface area contributed by atoms with Gasteiger partial charge in [-0.15, -0.1) is 0 Å². The van der Waals surface area contributed by atoms with Gasteiger partial charge in [-0.25, -0.2) is 0 Å². The van der Waals surface area contributed by atoms with Crippen molar-refractivity contribution in [1.29, 1.82) is 0 Å². The van der Waals surface area contributed by atoms with E-state index in [9.17, 15) is 23.3 Å². The second-order valence-electron chi connectivity index (χ2n) is 2.32. The summed E-state index contributed by atoms with van der Waals surface area (Å²) in [4.78, 5) is 0. The maximum absolute atomic E-state index is 12.4. The molecule has 1 aromatic carbocycles. The molecule has 0 aliphatic rings. The minimum absolute atomic E-state index is 0.0962. The van der Waals surface area contributed by atoms with E-state index in [2.05, 4.69) is 0 Å². The average molecular weight is 328 g/mol. The van der Waals surface area contributed by atoms with Crippen molar-refractivity contribution in [2.24, 2.45) is 0 Å². The molecule has 0 fully saturated rings. The van der Waals surface area contributed by atoms with Crippen LogP contribution in [0, 0.1) is 9.39 Å². The molecule has 0 nitrogen and oxygen atoms in total. The van der Waals surface area contributed by atoms with Gasteiger partial charge in [-0.05, 0) is 0 Å². The van der Waals surface area contributed by atoms with Gasteiger partial charge in [0, 0.05) is 0 Å². The zero-order valence-corrected chi connectivity index (χ0v) is 8.54. The van der Waals surface area contributed by atoms with Crippen molar-refractivity contribution in [1.82, 2.24) is 0 Å². The second-order valence-corrected chi connectivity index (χ2v) is 4.60. The zero-order chi connectivity index (χ0) is 10.9. The molecule has 0 aliphatic carbocycles. The van der Waals surface area contributed by atoms with Crippen LogP contribution in [0.3, 0.4) is 0 Å². The first kappa shape index (κ1) is 11.6. The molecule has 0 heterocycles. The Balaban J connectivity index is 3.30. The molecule has 14 heavy (non-hydrogen) atoms. The second kappa shape index (κ2) is 3.95. The molecule has 0 saturated heterocycles. The summed E-state index contributed by atoms with van der Waals surface area (Å²) < 4.78 is 72.1. The van der Waals surface area contributed by atoms with Gasteiger partial charge < -0.3 is 0 Å². The summed E-state index contributed by atoms with van der Waals surface area (Å²) in [5.74, 6) is -1.17. The fourth-order valence-corrected chi connectivity index (χ4v) is 2.19. The van der Waals surface area contributed by atoms with Gasteiger partial charge in [-0.3, -0.25) is 0 Å². The van der Waals surface area contributed by atoms with Gasteiger partial charge in [0.15, 0.2) is 0 Å². The van der Waals surface area contributed by atoms with Crippen molar-refractivity contribution >= 4 is 21.0 Å². The molecule has 0 spiro atoms. The van der Waals surface area contributed by atoms with Crippen LogP contribution in [-0.4, -0.2) is 0 Å². The average Bonchev–Trinajstić information content (AvgIpc) is 2.01. The summed E-state index contributed by atoms with van der Waals surface area (Å²) in [7, 11) is 0. The van der Waals surface area contributed by atoms with E-state index in [1.165, 1.54) is 0 Å². The van der Waals surface area contributed by atoms with Crippen LogP contribution in [0.2, 0.25) is 0 Å². The molecule has 80 valence electrons. The first-order valence-electron chi connectivity index (χ1n) is 3.22. The molecule has 0 radical (unpaired) electrons. The SMILES string of the molecule is Fc1ccc(I(F)F)c(C(F)(F)F)c1. The third-order valence-electron chi connectivity index (χ3n) is 1.39. The van der Waals surface area contributed by atoms with Crippen LogP contribution < -0.4 is 0 Å². The Hall–Kier alpha value is -0.470. The third-order valence-corrected chi connectivity index (χ3v) is 3.21. The van der Waals surface area contributed by atoms with Gasteiger partial charge >= 0.3 is 83.6 Å². The Labute approximate surface area is 83.9 Å². The molecular formula is C7H3F6I. The fraction of sp³-hybridized carbons (Fsp3) is 0.143. The van der Waals surface area contributed by atoms with Crippen molar-refractivity contribution in [2.75, 3.05) is 0 Å². The van der Waals surface area contributed by atoms with Gasteiger partial charge in [-0.2, -0.15) is 0 Å². The molecule has 0 amide bonds. The van der Waals surface area contributed by atoms with E-state index in [1.54, 1.807) is 0 Å². The number of hydrogen-bond donors (Lipinski definition) is 0. The molecule has 1 aromatic rings. The molecule has 0 aliphatic heterocycles. The van der Waals surface area contributed by atoms with Crippen LogP contribution in [0.25, 0.3) is 0 Å². The Bertz CT molecular complexity index is 331. The van der Waals surface area contributed by atoms with E-state index >= 15 is 0 Å². The van der Waals surface area contributed by atoms with E-state index in [-0.39, 0.29) is 6.07 Å². The first-order chi connectivity index (χ1) is 6.32. The van der Waals surface area contributed by atoms with Crippen LogP contribution in [0.1, 0.15) is 5.56 Å². The summed E-state index contributed by atoms with van der Waals surface area (Å²) in [6.45, 7) is 0. The van der Waals surface area contributed by atoms with E-state index in [0.717, 1.165) is 0 Å². The van der Waals surface area contributed by atoms with Crippen LogP contribution in [0.4, 0.5) is 23.3 Å². The van der Waals surface area contributed by atoms with Gasteiger partial charge in [0.05, 0.1) is 0 Å². The van der Waals surface area contributed by atoms with E-state index < -0.39 is 42.1 Å². The van der Waals surface area contributed by atoms with Crippen molar-refractivity contribution in [3.05, 3.63) is 33.1 Å². The standard InChI is InChI=1S/C7H3F6I/c8-4-1-2-6(14(12)13)5(3-4)7(9,10)11/h1-3H. The van der Waals surface area contributed by atoms with Crippen LogP contribution in [-0.2, 0) is 6.18 Å². The minimum atomic E-state index is -4.93.